The first-order valence-electron chi connectivity index (χ1n) is 10.0. The van der Waals surface area contributed by atoms with Crippen molar-refractivity contribution in [2.45, 2.75) is 44.8 Å². The fourth-order valence-corrected chi connectivity index (χ4v) is 3.82. The van der Waals surface area contributed by atoms with Crippen molar-refractivity contribution < 1.29 is 22.7 Å². The Morgan fingerprint density at radius 2 is 1.90 bits per heavy atom. The average Bonchev–Trinajstić information content (AvgIpc) is 3.16. The summed E-state index contributed by atoms with van der Waals surface area (Å²) in [5, 5.41) is 14.6. The van der Waals surface area contributed by atoms with Crippen LogP contribution in [0.15, 0.2) is 30.5 Å². The molecule has 1 saturated carbocycles. The third-order valence-corrected chi connectivity index (χ3v) is 5.64. The summed E-state index contributed by atoms with van der Waals surface area (Å²) < 4.78 is 45.3. The molecule has 1 aliphatic carbocycles. The average molecular weight is 433 g/mol. The smallest absolute Gasteiger partial charge is 0.435 e. The number of nitrogens with one attached hydrogen (secondary N) is 1. The van der Waals surface area contributed by atoms with Crippen LogP contribution in [-0.4, -0.2) is 33.0 Å². The summed E-state index contributed by atoms with van der Waals surface area (Å²) in [7, 11) is 1.47. The number of amides is 1. The molecule has 0 aliphatic heterocycles. The maximum atomic E-state index is 12.6. The van der Waals surface area contributed by atoms with Gasteiger partial charge in [0.2, 0.25) is 0 Å². The lowest BCUT2D eigenvalue weighted by molar-refractivity contribution is -0.141. The van der Waals surface area contributed by atoms with Gasteiger partial charge in [0, 0.05) is 17.6 Å². The normalized spacial score (nSPS) is 19.4. The molecule has 0 unspecified atom stereocenters. The van der Waals surface area contributed by atoms with Gasteiger partial charge in [-0.15, -0.1) is 10.2 Å². The first-order valence-corrected chi connectivity index (χ1v) is 10.0. The fourth-order valence-electron chi connectivity index (χ4n) is 3.82. The van der Waals surface area contributed by atoms with Crippen molar-refractivity contribution in [1.29, 1.82) is 0 Å². The maximum absolute atomic E-state index is 12.6. The molecule has 3 aromatic rings. The van der Waals surface area contributed by atoms with Gasteiger partial charge in [-0.25, -0.2) is 0 Å². The highest BCUT2D eigenvalue weighted by Gasteiger charge is 2.33. The van der Waals surface area contributed by atoms with Crippen LogP contribution >= 0.6 is 0 Å². The molecule has 1 amide bonds. The number of fused-ring (bicyclic) bond motifs is 1. The van der Waals surface area contributed by atoms with Crippen LogP contribution in [0.2, 0.25) is 0 Å². The molecule has 0 spiro atoms. The Kier molecular flexibility index (Phi) is 5.55. The van der Waals surface area contributed by atoms with Crippen LogP contribution in [0.5, 0.6) is 5.75 Å². The van der Waals surface area contributed by atoms with E-state index in [2.05, 4.69) is 27.5 Å². The molecule has 2 heterocycles. The van der Waals surface area contributed by atoms with Crippen LogP contribution in [0.25, 0.3) is 10.9 Å². The lowest BCUT2D eigenvalue weighted by Crippen LogP contribution is -2.17. The topological polar surface area (TPSA) is 81.9 Å². The van der Waals surface area contributed by atoms with Crippen molar-refractivity contribution in [2.75, 3.05) is 12.4 Å². The van der Waals surface area contributed by atoms with Gasteiger partial charge in [0.25, 0.3) is 5.91 Å². The van der Waals surface area contributed by atoms with E-state index in [0.717, 1.165) is 41.8 Å². The number of methoxy groups -OCH3 is 1. The third kappa shape index (κ3) is 4.47. The van der Waals surface area contributed by atoms with Gasteiger partial charge in [-0.3, -0.25) is 9.48 Å². The molecule has 1 fully saturated rings. The van der Waals surface area contributed by atoms with Crippen LogP contribution in [0.1, 0.15) is 54.8 Å². The van der Waals surface area contributed by atoms with Crippen LogP contribution in [0, 0.1) is 5.92 Å². The van der Waals surface area contributed by atoms with E-state index in [1.54, 1.807) is 12.1 Å². The number of hydrogen-bond acceptors (Lipinski definition) is 5. The number of nitrogens with zero attached hydrogens (tertiary/aromatic N) is 4. The number of hydrogen-bond donors (Lipinski definition) is 1. The summed E-state index contributed by atoms with van der Waals surface area (Å²) in [6.45, 7) is 2.26. The predicted molar refractivity (Wildman–Crippen MR) is 108 cm³/mol. The second kappa shape index (κ2) is 8.16. The first-order chi connectivity index (χ1) is 14.7. The van der Waals surface area contributed by atoms with Crippen molar-refractivity contribution in [3.05, 3.63) is 41.9 Å². The molecule has 0 atom stereocenters. The molecular formula is C21H22F3N5O2. The molecular weight excluding hydrogens is 411 g/mol. The summed E-state index contributed by atoms with van der Waals surface area (Å²) >= 11 is 0. The van der Waals surface area contributed by atoms with E-state index in [9.17, 15) is 18.0 Å². The Morgan fingerprint density at radius 3 is 2.52 bits per heavy atom. The van der Waals surface area contributed by atoms with Crippen LogP contribution in [0.4, 0.5) is 18.9 Å². The Labute approximate surface area is 176 Å². The Hall–Kier alpha value is -3.17. The molecule has 1 aromatic carbocycles. The van der Waals surface area contributed by atoms with Gasteiger partial charge in [0.1, 0.15) is 5.75 Å². The molecule has 7 nitrogen and oxygen atoms in total. The summed E-state index contributed by atoms with van der Waals surface area (Å²) in [5.74, 6) is 0.437. The van der Waals surface area contributed by atoms with Crippen molar-refractivity contribution in [3.63, 3.8) is 0 Å². The fraction of sp³-hybridized carbons (Fsp3) is 0.429. The zero-order chi connectivity index (χ0) is 22.2. The van der Waals surface area contributed by atoms with E-state index >= 15 is 0 Å². The van der Waals surface area contributed by atoms with E-state index in [4.69, 9.17) is 4.74 Å². The molecule has 2 aromatic heterocycles. The minimum absolute atomic E-state index is 0.234. The van der Waals surface area contributed by atoms with E-state index in [0.29, 0.717) is 17.5 Å². The lowest BCUT2D eigenvalue weighted by Gasteiger charge is -2.26. The van der Waals surface area contributed by atoms with E-state index in [1.165, 1.54) is 20.0 Å². The van der Waals surface area contributed by atoms with Gasteiger partial charge in [-0.1, -0.05) is 6.92 Å². The number of halogens is 3. The predicted octanol–water partition coefficient (Wildman–Crippen LogP) is 4.86. The Bertz CT molecular complexity index is 1090. The minimum atomic E-state index is -4.62. The molecule has 1 aliphatic rings. The molecule has 4 rings (SSSR count). The molecule has 1 N–H and O–H groups in total. The van der Waals surface area contributed by atoms with E-state index in [-0.39, 0.29) is 5.69 Å². The van der Waals surface area contributed by atoms with E-state index < -0.39 is 17.8 Å². The van der Waals surface area contributed by atoms with Crippen LogP contribution in [0.3, 0.4) is 0 Å². The second-order valence-electron chi connectivity index (χ2n) is 7.89. The summed E-state index contributed by atoms with van der Waals surface area (Å²) in [5.41, 5.74) is -0.281. The number of benzene rings is 1. The zero-order valence-corrected chi connectivity index (χ0v) is 17.1. The summed E-state index contributed by atoms with van der Waals surface area (Å²) in [6.07, 6.45) is 1.81. The first kappa shape index (κ1) is 21.1. The molecule has 0 bridgehead atoms. The molecule has 0 radical (unpaired) electrons. The Balaban J connectivity index is 1.57. The number of aromatic nitrogens is 4. The highest BCUT2D eigenvalue weighted by molar-refractivity contribution is 6.04. The Morgan fingerprint density at radius 1 is 1.16 bits per heavy atom. The van der Waals surface area contributed by atoms with Crippen molar-refractivity contribution in [2.24, 2.45) is 5.92 Å². The summed E-state index contributed by atoms with van der Waals surface area (Å²) in [4.78, 5) is 12.5. The SMILES string of the molecule is COc1cc2nn([C@H]3CC[C@H](C)CC3)cc2cc1NC(=O)c1ccc(C(F)(F)F)nn1. The summed E-state index contributed by atoms with van der Waals surface area (Å²) in [6, 6.07) is 5.51. The van der Waals surface area contributed by atoms with Crippen molar-refractivity contribution >= 4 is 22.5 Å². The number of rotatable bonds is 4. The maximum Gasteiger partial charge on any atom is 0.435 e. The molecule has 10 heteroatoms. The van der Waals surface area contributed by atoms with Gasteiger partial charge in [0.05, 0.1) is 24.4 Å². The lowest BCUT2D eigenvalue weighted by atomic mass is 9.87. The van der Waals surface area contributed by atoms with E-state index in [1.807, 2.05) is 10.9 Å². The van der Waals surface area contributed by atoms with Crippen molar-refractivity contribution in [3.8, 4) is 5.75 Å². The zero-order valence-electron chi connectivity index (χ0n) is 17.1. The monoisotopic (exact) mass is 433 g/mol. The molecule has 164 valence electrons. The quantitative estimate of drug-likeness (QED) is 0.636. The standard InChI is InChI=1S/C21H22F3N5O2/c1-12-3-5-14(6-4-12)29-11-13-9-17(18(31-2)10-16(13)28-29)25-20(30)15-7-8-19(27-26-15)21(22,23)24/h7-12,14H,3-6H2,1-2H3,(H,25,30)/t12-,14-. The number of ether oxygens (including phenoxy) is 1. The highest BCUT2D eigenvalue weighted by Crippen LogP contribution is 2.35. The molecule has 0 saturated heterocycles. The minimum Gasteiger partial charge on any atom is -0.494 e. The van der Waals surface area contributed by atoms with Gasteiger partial charge < -0.3 is 10.1 Å². The van der Waals surface area contributed by atoms with Crippen molar-refractivity contribution in [1.82, 2.24) is 20.0 Å². The largest absolute Gasteiger partial charge is 0.494 e. The van der Waals surface area contributed by atoms with Gasteiger partial charge in [0.15, 0.2) is 11.4 Å². The third-order valence-electron chi connectivity index (χ3n) is 5.64. The number of carbonyl (C=O) groups excluding carboxylic acids is 1. The van der Waals surface area contributed by atoms with Gasteiger partial charge in [-0.2, -0.15) is 18.3 Å². The molecule has 31 heavy (non-hydrogen) atoms. The highest BCUT2D eigenvalue weighted by atomic mass is 19.4. The second-order valence-corrected chi connectivity index (χ2v) is 7.89. The number of alkyl halides is 3. The van der Waals surface area contributed by atoms with Crippen LogP contribution < -0.4 is 10.1 Å². The number of anilines is 1. The van der Waals surface area contributed by atoms with Gasteiger partial charge in [-0.05, 0) is 49.8 Å². The van der Waals surface area contributed by atoms with Crippen LogP contribution in [-0.2, 0) is 6.18 Å². The van der Waals surface area contributed by atoms with Gasteiger partial charge >= 0.3 is 6.18 Å². The number of carbonyl (C=O) groups is 1.